The highest BCUT2D eigenvalue weighted by Gasteiger charge is 2.11. The van der Waals surface area contributed by atoms with Gasteiger partial charge in [-0.3, -0.25) is 0 Å². The number of rotatable bonds is 6. The smallest absolute Gasteiger partial charge is 0.344 e. The summed E-state index contributed by atoms with van der Waals surface area (Å²) in [6.45, 7) is 1.76. The van der Waals surface area contributed by atoms with Crippen LogP contribution < -0.4 is 4.74 Å². The Bertz CT molecular complexity index is 797. The number of esters is 1. The highest BCUT2D eigenvalue weighted by Crippen LogP contribution is 2.17. The van der Waals surface area contributed by atoms with Crippen molar-refractivity contribution in [1.29, 1.82) is 0 Å². The lowest BCUT2D eigenvalue weighted by Crippen LogP contribution is -2.15. The molecular weight excluding hydrogens is 308 g/mol. The van der Waals surface area contributed by atoms with Gasteiger partial charge in [0.1, 0.15) is 5.75 Å². The van der Waals surface area contributed by atoms with Crippen LogP contribution in [0.1, 0.15) is 11.4 Å². The molecule has 0 atom stereocenters. The molecule has 0 aliphatic carbocycles. The first-order valence-corrected chi connectivity index (χ1v) is 7.44. The minimum absolute atomic E-state index is 0.0632. The molecule has 122 valence electrons. The maximum absolute atomic E-state index is 11.7. The van der Waals surface area contributed by atoms with E-state index in [9.17, 15) is 4.79 Å². The van der Waals surface area contributed by atoms with Gasteiger partial charge in [0.25, 0.3) is 5.89 Å². The van der Waals surface area contributed by atoms with E-state index in [-0.39, 0.29) is 13.2 Å². The lowest BCUT2D eigenvalue weighted by atomic mass is 10.1. The molecule has 6 heteroatoms. The van der Waals surface area contributed by atoms with Crippen LogP contribution in [0.25, 0.3) is 11.5 Å². The van der Waals surface area contributed by atoms with Crippen LogP contribution in [0.5, 0.6) is 5.75 Å². The first kappa shape index (κ1) is 15.7. The van der Waals surface area contributed by atoms with E-state index in [1.807, 2.05) is 49.4 Å². The number of carbonyl (C=O) groups excluding carboxylic acids is 1. The van der Waals surface area contributed by atoms with Crippen molar-refractivity contribution in [3.8, 4) is 17.2 Å². The summed E-state index contributed by atoms with van der Waals surface area (Å²) in [5.41, 5.74) is 1.96. The summed E-state index contributed by atoms with van der Waals surface area (Å²) < 4.78 is 15.5. The van der Waals surface area contributed by atoms with Crippen LogP contribution in [0, 0.1) is 6.92 Å². The fraction of sp³-hybridized carbons (Fsp3) is 0.167. The van der Waals surface area contributed by atoms with Gasteiger partial charge in [-0.1, -0.05) is 41.1 Å². The molecule has 6 nitrogen and oxygen atoms in total. The maximum Gasteiger partial charge on any atom is 0.344 e. The molecule has 0 fully saturated rings. The SMILES string of the molecule is Cc1ccc(-c2nc(COC(=O)COc3ccccc3)no2)cc1. The van der Waals surface area contributed by atoms with Crippen molar-refractivity contribution in [2.24, 2.45) is 0 Å². The van der Waals surface area contributed by atoms with Gasteiger partial charge in [-0.15, -0.1) is 0 Å². The van der Waals surface area contributed by atoms with E-state index in [1.54, 1.807) is 12.1 Å². The minimum atomic E-state index is -0.500. The second-order valence-corrected chi connectivity index (χ2v) is 5.14. The van der Waals surface area contributed by atoms with Crippen molar-refractivity contribution in [3.63, 3.8) is 0 Å². The van der Waals surface area contributed by atoms with E-state index >= 15 is 0 Å². The van der Waals surface area contributed by atoms with Crippen molar-refractivity contribution in [1.82, 2.24) is 10.1 Å². The highest BCUT2D eigenvalue weighted by molar-refractivity contribution is 5.71. The molecule has 0 spiro atoms. The normalized spacial score (nSPS) is 10.4. The number of ether oxygens (including phenoxy) is 2. The highest BCUT2D eigenvalue weighted by atomic mass is 16.6. The zero-order chi connectivity index (χ0) is 16.8. The van der Waals surface area contributed by atoms with E-state index in [0.717, 1.165) is 11.1 Å². The number of aromatic nitrogens is 2. The molecule has 0 saturated carbocycles. The topological polar surface area (TPSA) is 74.5 Å². The predicted octanol–water partition coefficient (Wildman–Crippen LogP) is 3.17. The molecule has 0 amide bonds. The summed E-state index contributed by atoms with van der Waals surface area (Å²) in [7, 11) is 0. The Balaban J connectivity index is 1.50. The van der Waals surface area contributed by atoms with E-state index in [1.165, 1.54) is 0 Å². The molecule has 0 unspecified atom stereocenters. The summed E-state index contributed by atoms with van der Waals surface area (Å²) in [4.78, 5) is 15.9. The van der Waals surface area contributed by atoms with Gasteiger partial charge < -0.3 is 14.0 Å². The fourth-order valence-electron chi connectivity index (χ4n) is 1.97. The van der Waals surface area contributed by atoms with Gasteiger partial charge in [0.2, 0.25) is 5.82 Å². The van der Waals surface area contributed by atoms with Crippen molar-refractivity contribution in [2.45, 2.75) is 13.5 Å². The number of hydrogen-bond acceptors (Lipinski definition) is 6. The summed E-state index contributed by atoms with van der Waals surface area (Å²) in [5, 5.41) is 3.80. The van der Waals surface area contributed by atoms with Crippen LogP contribution in [0.4, 0.5) is 0 Å². The second kappa shape index (κ2) is 7.41. The summed E-state index contributed by atoms with van der Waals surface area (Å²) in [6, 6.07) is 16.8. The van der Waals surface area contributed by atoms with Crippen LogP contribution >= 0.6 is 0 Å². The average Bonchev–Trinajstić information content (AvgIpc) is 3.09. The molecule has 0 saturated heterocycles. The summed E-state index contributed by atoms with van der Waals surface area (Å²) in [5.74, 6) is 0.802. The molecule has 24 heavy (non-hydrogen) atoms. The van der Waals surface area contributed by atoms with Gasteiger partial charge in [-0.25, -0.2) is 4.79 Å². The molecule has 1 aromatic heterocycles. The summed E-state index contributed by atoms with van der Waals surface area (Å²) >= 11 is 0. The molecule has 0 aliphatic heterocycles. The standard InChI is InChI=1S/C18H16N2O4/c1-13-7-9-14(10-8-13)18-19-16(20-24-18)11-23-17(21)12-22-15-5-3-2-4-6-15/h2-10H,11-12H2,1H3. The predicted molar refractivity (Wildman–Crippen MR) is 86.2 cm³/mol. The summed E-state index contributed by atoms with van der Waals surface area (Å²) in [6.07, 6.45) is 0. The molecule has 2 aromatic carbocycles. The molecule has 3 aromatic rings. The first-order chi connectivity index (χ1) is 11.7. The zero-order valence-corrected chi connectivity index (χ0v) is 13.1. The Morgan fingerprint density at radius 2 is 1.83 bits per heavy atom. The Morgan fingerprint density at radius 1 is 1.08 bits per heavy atom. The number of aryl methyl sites for hydroxylation is 1. The fourth-order valence-corrected chi connectivity index (χ4v) is 1.97. The first-order valence-electron chi connectivity index (χ1n) is 7.44. The van der Waals surface area contributed by atoms with Gasteiger partial charge in [-0.05, 0) is 31.2 Å². The van der Waals surface area contributed by atoms with Crippen LogP contribution in [0.3, 0.4) is 0 Å². The molecule has 3 rings (SSSR count). The van der Waals surface area contributed by atoms with Crippen molar-refractivity contribution >= 4 is 5.97 Å². The molecule has 0 bridgehead atoms. The Labute approximate surface area is 139 Å². The zero-order valence-electron chi connectivity index (χ0n) is 13.1. The van der Waals surface area contributed by atoms with E-state index < -0.39 is 5.97 Å². The monoisotopic (exact) mass is 324 g/mol. The third-order valence-corrected chi connectivity index (χ3v) is 3.23. The maximum atomic E-state index is 11.7. The van der Waals surface area contributed by atoms with Crippen LogP contribution in [0.15, 0.2) is 59.1 Å². The lowest BCUT2D eigenvalue weighted by Gasteiger charge is -2.05. The largest absolute Gasteiger partial charge is 0.482 e. The van der Waals surface area contributed by atoms with Crippen molar-refractivity contribution < 1.29 is 18.8 Å². The number of para-hydroxylation sites is 1. The van der Waals surface area contributed by atoms with Gasteiger partial charge in [0, 0.05) is 5.56 Å². The molecule has 0 N–H and O–H groups in total. The van der Waals surface area contributed by atoms with E-state index in [4.69, 9.17) is 14.0 Å². The third kappa shape index (κ3) is 4.19. The number of nitrogens with zero attached hydrogens (tertiary/aromatic N) is 2. The van der Waals surface area contributed by atoms with Gasteiger partial charge >= 0.3 is 5.97 Å². The van der Waals surface area contributed by atoms with Gasteiger partial charge in [0.05, 0.1) is 0 Å². The van der Waals surface area contributed by atoms with Crippen molar-refractivity contribution in [3.05, 3.63) is 66.0 Å². The molecule has 0 radical (unpaired) electrons. The van der Waals surface area contributed by atoms with Gasteiger partial charge in [-0.2, -0.15) is 4.98 Å². The minimum Gasteiger partial charge on any atom is -0.482 e. The Morgan fingerprint density at radius 3 is 2.58 bits per heavy atom. The molecular formula is C18H16N2O4. The lowest BCUT2D eigenvalue weighted by molar-refractivity contribution is -0.147. The Kier molecular flexibility index (Phi) is 4.86. The average molecular weight is 324 g/mol. The van der Waals surface area contributed by atoms with Crippen LogP contribution in [-0.2, 0) is 16.1 Å². The van der Waals surface area contributed by atoms with Crippen LogP contribution in [0.2, 0.25) is 0 Å². The van der Waals surface area contributed by atoms with E-state index in [2.05, 4.69) is 10.1 Å². The quantitative estimate of drug-likeness (QED) is 0.648. The molecule has 0 aliphatic rings. The number of hydrogen-bond donors (Lipinski definition) is 0. The second-order valence-electron chi connectivity index (χ2n) is 5.14. The number of carbonyl (C=O) groups is 1. The van der Waals surface area contributed by atoms with Crippen molar-refractivity contribution in [2.75, 3.05) is 6.61 Å². The molecule has 1 heterocycles. The van der Waals surface area contributed by atoms with Gasteiger partial charge in [0.15, 0.2) is 13.2 Å². The van der Waals surface area contributed by atoms with Crippen LogP contribution in [-0.4, -0.2) is 22.7 Å². The third-order valence-electron chi connectivity index (χ3n) is 3.23. The Hall–Kier alpha value is -3.15. The van der Waals surface area contributed by atoms with E-state index in [0.29, 0.717) is 17.5 Å². The number of benzene rings is 2.